The van der Waals surface area contributed by atoms with Gasteiger partial charge in [-0.1, -0.05) is 6.07 Å². The maximum absolute atomic E-state index is 5.32. The molecule has 0 saturated heterocycles. The van der Waals surface area contributed by atoms with Gasteiger partial charge in [-0.05, 0) is 18.2 Å². The molecular formula is C13H14N2O2. The summed E-state index contributed by atoms with van der Waals surface area (Å²) in [4.78, 5) is 8.41. The third-order valence-corrected chi connectivity index (χ3v) is 2.48. The Labute approximate surface area is 100 Å². The van der Waals surface area contributed by atoms with Crippen molar-refractivity contribution in [2.24, 2.45) is 0 Å². The van der Waals surface area contributed by atoms with E-state index in [9.17, 15) is 0 Å². The van der Waals surface area contributed by atoms with E-state index in [1.54, 1.807) is 32.7 Å². The van der Waals surface area contributed by atoms with Crippen molar-refractivity contribution in [1.82, 2.24) is 9.97 Å². The van der Waals surface area contributed by atoms with E-state index in [1.807, 2.05) is 18.2 Å². The number of hydrogen-bond donors (Lipinski definition) is 0. The monoisotopic (exact) mass is 230 g/mol. The molecule has 0 spiro atoms. The van der Waals surface area contributed by atoms with Gasteiger partial charge >= 0.3 is 0 Å². The molecule has 0 unspecified atom stereocenters. The van der Waals surface area contributed by atoms with Crippen LogP contribution in [0, 0.1) is 0 Å². The zero-order valence-electron chi connectivity index (χ0n) is 9.88. The molecule has 0 atom stereocenters. The first kappa shape index (κ1) is 11.4. The maximum atomic E-state index is 5.32. The summed E-state index contributed by atoms with van der Waals surface area (Å²) in [5.41, 5.74) is 0.962. The van der Waals surface area contributed by atoms with E-state index in [0.717, 1.165) is 22.9 Å². The van der Waals surface area contributed by atoms with Crippen LogP contribution in [0.1, 0.15) is 11.4 Å². The third-order valence-electron chi connectivity index (χ3n) is 2.48. The van der Waals surface area contributed by atoms with Crippen LogP contribution in [0.2, 0.25) is 0 Å². The van der Waals surface area contributed by atoms with E-state index in [-0.39, 0.29) is 0 Å². The quantitative estimate of drug-likeness (QED) is 0.806. The summed E-state index contributed by atoms with van der Waals surface area (Å²) >= 11 is 0. The Morgan fingerprint density at radius 2 is 1.53 bits per heavy atom. The molecular weight excluding hydrogens is 216 g/mol. The van der Waals surface area contributed by atoms with Crippen LogP contribution in [-0.2, 0) is 6.42 Å². The Balaban J connectivity index is 2.37. The molecule has 0 N–H and O–H groups in total. The molecule has 0 bridgehead atoms. The second-order valence-electron chi connectivity index (χ2n) is 3.48. The maximum Gasteiger partial charge on any atom is 0.132 e. The van der Waals surface area contributed by atoms with Gasteiger partial charge in [0.25, 0.3) is 0 Å². The van der Waals surface area contributed by atoms with Crippen LogP contribution in [0.4, 0.5) is 0 Å². The first-order valence-corrected chi connectivity index (χ1v) is 5.31. The number of ether oxygens (including phenoxy) is 2. The van der Waals surface area contributed by atoms with E-state index >= 15 is 0 Å². The molecule has 88 valence electrons. The van der Waals surface area contributed by atoms with Gasteiger partial charge in [-0.2, -0.15) is 0 Å². The van der Waals surface area contributed by atoms with Crippen molar-refractivity contribution in [3.05, 3.63) is 48.0 Å². The van der Waals surface area contributed by atoms with E-state index in [1.165, 1.54) is 0 Å². The zero-order valence-corrected chi connectivity index (χ0v) is 9.88. The standard InChI is InChI=1S/C13H14N2O2/c1-16-11-5-3-6-12(17-2)10(11)9-13-14-7-4-8-15-13/h3-8H,9H2,1-2H3. The molecule has 0 radical (unpaired) electrons. The predicted molar refractivity (Wildman–Crippen MR) is 64.4 cm³/mol. The Bertz CT molecular complexity index is 464. The average Bonchev–Trinajstić information content (AvgIpc) is 2.40. The van der Waals surface area contributed by atoms with Gasteiger partial charge in [-0.3, -0.25) is 0 Å². The highest BCUT2D eigenvalue weighted by molar-refractivity contribution is 5.46. The number of nitrogens with zero attached hydrogens (tertiary/aromatic N) is 2. The van der Waals surface area contributed by atoms with Gasteiger partial charge in [0.05, 0.1) is 14.2 Å². The van der Waals surface area contributed by atoms with Crippen molar-refractivity contribution < 1.29 is 9.47 Å². The molecule has 1 aromatic carbocycles. The van der Waals surface area contributed by atoms with Crippen molar-refractivity contribution in [2.45, 2.75) is 6.42 Å². The number of aromatic nitrogens is 2. The van der Waals surface area contributed by atoms with Crippen molar-refractivity contribution >= 4 is 0 Å². The molecule has 17 heavy (non-hydrogen) atoms. The van der Waals surface area contributed by atoms with Gasteiger partial charge < -0.3 is 9.47 Å². The van der Waals surface area contributed by atoms with E-state index in [2.05, 4.69) is 9.97 Å². The number of hydrogen-bond acceptors (Lipinski definition) is 4. The highest BCUT2D eigenvalue weighted by atomic mass is 16.5. The van der Waals surface area contributed by atoms with Crippen molar-refractivity contribution in [3.8, 4) is 11.5 Å². The fourth-order valence-corrected chi connectivity index (χ4v) is 1.68. The summed E-state index contributed by atoms with van der Waals surface area (Å²) in [6, 6.07) is 7.50. The van der Waals surface area contributed by atoms with E-state index in [4.69, 9.17) is 9.47 Å². The summed E-state index contributed by atoms with van der Waals surface area (Å²) < 4.78 is 10.6. The lowest BCUT2D eigenvalue weighted by Gasteiger charge is -2.11. The molecule has 4 heteroatoms. The minimum absolute atomic E-state index is 0.591. The Morgan fingerprint density at radius 3 is 2.06 bits per heavy atom. The lowest BCUT2D eigenvalue weighted by molar-refractivity contribution is 0.386. The molecule has 0 aliphatic carbocycles. The fraction of sp³-hybridized carbons (Fsp3) is 0.231. The molecule has 0 fully saturated rings. The van der Waals surface area contributed by atoms with Gasteiger partial charge in [0.1, 0.15) is 17.3 Å². The highest BCUT2D eigenvalue weighted by Crippen LogP contribution is 2.29. The van der Waals surface area contributed by atoms with Crippen molar-refractivity contribution in [2.75, 3.05) is 14.2 Å². The van der Waals surface area contributed by atoms with Crippen LogP contribution in [0.25, 0.3) is 0 Å². The molecule has 1 heterocycles. The average molecular weight is 230 g/mol. The first-order chi connectivity index (χ1) is 8.35. The van der Waals surface area contributed by atoms with Crippen LogP contribution in [0.5, 0.6) is 11.5 Å². The lowest BCUT2D eigenvalue weighted by atomic mass is 10.1. The molecule has 0 aliphatic rings. The number of rotatable bonds is 4. The second-order valence-corrected chi connectivity index (χ2v) is 3.48. The Hall–Kier alpha value is -2.10. The molecule has 0 aliphatic heterocycles. The fourth-order valence-electron chi connectivity index (χ4n) is 1.68. The van der Waals surface area contributed by atoms with Crippen molar-refractivity contribution in [3.63, 3.8) is 0 Å². The lowest BCUT2D eigenvalue weighted by Crippen LogP contribution is -2.00. The van der Waals surface area contributed by atoms with Gasteiger partial charge in [-0.15, -0.1) is 0 Å². The van der Waals surface area contributed by atoms with Gasteiger partial charge in [-0.25, -0.2) is 9.97 Å². The summed E-state index contributed by atoms with van der Waals surface area (Å²) in [5.74, 6) is 2.32. The minimum Gasteiger partial charge on any atom is -0.496 e. The van der Waals surface area contributed by atoms with Crippen LogP contribution in [0.3, 0.4) is 0 Å². The van der Waals surface area contributed by atoms with E-state index < -0.39 is 0 Å². The summed E-state index contributed by atoms with van der Waals surface area (Å²) in [6.07, 6.45) is 4.04. The van der Waals surface area contributed by atoms with Crippen LogP contribution >= 0.6 is 0 Å². The molecule has 2 aromatic rings. The first-order valence-electron chi connectivity index (χ1n) is 5.31. The zero-order chi connectivity index (χ0) is 12.1. The van der Waals surface area contributed by atoms with Crippen LogP contribution in [0.15, 0.2) is 36.7 Å². The molecule has 1 aromatic heterocycles. The highest BCUT2D eigenvalue weighted by Gasteiger charge is 2.11. The van der Waals surface area contributed by atoms with Crippen LogP contribution in [-0.4, -0.2) is 24.2 Å². The number of methoxy groups -OCH3 is 2. The summed E-state index contributed by atoms with van der Waals surface area (Å²) in [6.45, 7) is 0. The summed E-state index contributed by atoms with van der Waals surface area (Å²) in [5, 5.41) is 0. The van der Waals surface area contributed by atoms with E-state index in [0.29, 0.717) is 6.42 Å². The molecule has 0 saturated carbocycles. The van der Waals surface area contributed by atoms with Crippen molar-refractivity contribution in [1.29, 1.82) is 0 Å². The topological polar surface area (TPSA) is 44.2 Å². The Kier molecular flexibility index (Phi) is 3.55. The molecule has 0 amide bonds. The minimum atomic E-state index is 0.591. The Morgan fingerprint density at radius 1 is 0.941 bits per heavy atom. The normalized spacial score (nSPS) is 10.0. The number of benzene rings is 1. The van der Waals surface area contributed by atoms with Gasteiger partial charge in [0.2, 0.25) is 0 Å². The van der Waals surface area contributed by atoms with Gasteiger partial charge in [0, 0.05) is 24.4 Å². The van der Waals surface area contributed by atoms with Crippen LogP contribution < -0.4 is 9.47 Å². The third kappa shape index (κ3) is 2.53. The smallest absolute Gasteiger partial charge is 0.132 e. The predicted octanol–water partition coefficient (Wildman–Crippen LogP) is 2.08. The van der Waals surface area contributed by atoms with Gasteiger partial charge in [0.15, 0.2) is 0 Å². The molecule has 4 nitrogen and oxygen atoms in total. The summed E-state index contributed by atoms with van der Waals surface area (Å²) in [7, 11) is 3.29. The SMILES string of the molecule is COc1cccc(OC)c1Cc1ncccn1. The second kappa shape index (κ2) is 5.30. The largest absolute Gasteiger partial charge is 0.496 e. The molecule has 2 rings (SSSR count).